The average Bonchev–Trinajstić information content (AvgIpc) is 2.37. The second-order valence-electron chi connectivity index (χ2n) is 4.61. The van der Waals surface area contributed by atoms with Crippen molar-refractivity contribution in [2.45, 2.75) is 45.6 Å². The van der Waals surface area contributed by atoms with Crippen LogP contribution in [0.4, 0.5) is 0 Å². The van der Waals surface area contributed by atoms with E-state index in [1.165, 1.54) is 5.56 Å². The van der Waals surface area contributed by atoms with Crippen molar-refractivity contribution in [2.75, 3.05) is 7.11 Å². The van der Waals surface area contributed by atoms with E-state index in [4.69, 9.17) is 4.74 Å². The van der Waals surface area contributed by atoms with Crippen molar-refractivity contribution in [3.63, 3.8) is 0 Å². The zero-order valence-electron chi connectivity index (χ0n) is 11.6. The van der Waals surface area contributed by atoms with Gasteiger partial charge >= 0.3 is 0 Å². The van der Waals surface area contributed by atoms with E-state index in [9.17, 15) is 5.11 Å². The molecule has 100 valence electrons. The summed E-state index contributed by atoms with van der Waals surface area (Å²) in [7, 11) is 1.70. The van der Waals surface area contributed by atoms with Crippen molar-refractivity contribution < 1.29 is 9.84 Å². The first-order valence-corrected chi connectivity index (χ1v) is 6.69. The largest absolute Gasteiger partial charge is 0.496 e. The van der Waals surface area contributed by atoms with Gasteiger partial charge in [-0.05, 0) is 50.3 Å². The van der Waals surface area contributed by atoms with Crippen LogP contribution in [0.15, 0.2) is 24.3 Å². The van der Waals surface area contributed by atoms with Crippen LogP contribution < -0.4 is 4.74 Å². The molecule has 2 heteroatoms. The minimum Gasteiger partial charge on any atom is -0.496 e. The molecule has 0 heterocycles. The van der Waals surface area contributed by atoms with Gasteiger partial charge in [0.2, 0.25) is 0 Å². The number of aryl methyl sites for hydroxylation is 1. The van der Waals surface area contributed by atoms with E-state index in [2.05, 4.69) is 31.2 Å². The van der Waals surface area contributed by atoms with Crippen LogP contribution in [-0.2, 0) is 6.42 Å². The summed E-state index contributed by atoms with van der Waals surface area (Å²) >= 11 is 0. The maximum absolute atomic E-state index is 9.18. The molecule has 1 aromatic carbocycles. The second-order valence-corrected chi connectivity index (χ2v) is 4.61. The Morgan fingerprint density at radius 3 is 2.78 bits per heavy atom. The molecule has 0 aliphatic carbocycles. The number of methoxy groups -OCH3 is 1. The number of aliphatic hydroxyl groups excluding tert-OH is 1. The van der Waals surface area contributed by atoms with E-state index in [1.807, 2.05) is 13.0 Å². The van der Waals surface area contributed by atoms with Crippen LogP contribution in [0.25, 0.3) is 6.08 Å². The molecule has 0 radical (unpaired) electrons. The molecule has 1 atom stereocenters. The van der Waals surface area contributed by atoms with Crippen molar-refractivity contribution in [1.82, 2.24) is 0 Å². The number of benzene rings is 1. The summed E-state index contributed by atoms with van der Waals surface area (Å²) in [6.07, 6.45) is 7.97. The SMILES string of the molecule is CCc1ccc(OC)c(/C=C/CCC[C@H](C)O)c1. The fraction of sp³-hybridized carbons (Fsp3) is 0.500. The molecule has 0 aliphatic rings. The fourth-order valence-corrected chi connectivity index (χ4v) is 1.88. The summed E-state index contributed by atoms with van der Waals surface area (Å²) in [6.45, 7) is 3.98. The third-order valence-corrected chi connectivity index (χ3v) is 2.99. The van der Waals surface area contributed by atoms with Gasteiger partial charge in [-0.3, -0.25) is 0 Å². The Kier molecular flexibility index (Phi) is 6.51. The van der Waals surface area contributed by atoms with E-state index in [-0.39, 0.29) is 6.10 Å². The van der Waals surface area contributed by atoms with Gasteiger partial charge < -0.3 is 9.84 Å². The van der Waals surface area contributed by atoms with Crippen LogP contribution in [0.2, 0.25) is 0 Å². The number of hydrogen-bond acceptors (Lipinski definition) is 2. The summed E-state index contributed by atoms with van der Waals surface area (Å²) < 4.78 is 5.35. The van der Waals surface area contributed by atoms with Gasteiger partial charge in [-0.15, -0.1) is 0 Å². The highest BCUT2D eigenvalue weighted by Crippen LogP contribution is 2.22. The molecule has 0 aromatic heterocycles. The number of rotatable bonds is 7. The molecule has 0 saturated heterocycles. The minimum atomic E-state index is -0.198. The molecule has 0 unspecified atom stereocenters. The van der Waals surface area contributed by atoms with Gasteiger partial charge in [-0.25, -0.2) is 0 Å². The lowest BCUT2D eigenvalue weighted by atomic mass is 10.1. The third-order valence-electron chi connectivity index (χ3n) is 2.99. The number of allylic oxidation sites excluding steroid dienone is 1. The van der Waals surface area contributed by atoms with E-state index in [0.717, 1.165) is 37.0 Å². The Hall–Kier alpha value is -1.28. The third kappa shape index (κ3) is 4.92. The normalized spacial score (nSPS) is 12.9. The molecule has 0 spiro atoms. The zero-order valence-corrected chi connectivity index (χ0v) is 11.6. The van der Waals surface area contributed by atoms with Crippen LogP contribution in [0.3, 0.4) is 0 Å². The molecule has 1 N–H and O–H groups in total. The summed E-state index contributed by atoms with van der Waals surface area (Å²) in [5, 5.41) is 9.18. The molecular weight excluding hydrogens is 224 g/mol. The maximum Gasteiger partial charge on any atom is 0.126 e. The highest BCUT2D eigenvalue weighted by atomic mass is 16.5. The number of hydrogen-bond donors (Lipinski definition) is 1. The molecular formula is C16H24O2. The highest BCUT2D eigenvalue weighted by Gasteiger charge is 2.00. The summed E-state index contributed by atoms with van der Waals surface area (Å²) in [4.78, 5) is 0. The van der Waals surface area contributed by atoms with Crippen molar-refractivity contribution in [2.24, 2.45) is 0 Å². The smallest absolute Gasteiger partial charge is 0.126 e. The van der Waals surface area contributed by atoms with Gasteiger partial charge in [-0.2, -0.15) is 0 Å². The Bertz CT molecular complexity index is 381. The van der Waals surface area contributed by atoms with Gasteiger partial charge in [0.05, 0.1) is 13.2 Å². The minimum absolute atomic E-state index is 0.198. The lowest BCUT2D eigenvalue weighted by Gasteiger charge is -2.07. The molecule has 1 rings (SSSR count). The second kappa shape index (κ2) is 7.93. The zero-order chi connectivity index (χ0) is 13.4. The van der Waals surface area contributed by atoms with Crippen LogP contribution in [0.1, 0.15) is 44.2 Å². The molecule has 0 bridgehead atoms. The lowest BCUT2D eigenvalue weighted by Crippen LogP contribution is -1.97. The first-order chi connectivity index (χ1) is 8.67. The van der Waals surface area contributed by atoms with Gasteiger partial charge in [0, 0.05) is 5.56 Å². The summed E-state index contributed by atoms with van der Waals surface area (Å²) in [5.41, 5.74) is 2.45. The monoisotopic (exact) mass is 248 g/mol. The molecule has 1 aromatic rings. The van der Waals surface area contributed by atoms with Gasteiger partial charge in [0.1, 0.15) is 5.75 Å². The van der Waals surface area contributed by atoms with E-state index in [0.29, 0.717) is 0 Å². The molecule has 18 heavy (non-hydrogen) atoms. The Morgan fingerprint density at radius 1 is 1.39 bits per heavy atom. The topological polar surface area (TPSA) is 29.5 Å². The van der Waals surface area contributed by atoms with Crippen LogP contribution in [-0.4, -0.2) is 18.3 Å². The predicted molar refractivity (Wildman–Crippen MR) is 76.9 cm³/mol. The first kappa shape index (κ1) is 14.8. The first-order valence-electron chi connectivity index (χ1n) is 6.69. The molecule has 0 amide bonds. The van der Waals surface area contributed by atoms with Crippen LogP contribution in [0, 0.1) is 0 Å². The fourth-order valence-electron chi connectivity index (χ4n) is 1.88. The standard InChI is InChI=1S/C16H24O2/c1-4-14-10-11-16(18-3)15(12-14)9-7-5-6-8-13(2)17/h7,9-13,17H,4-6,8H2,1-3H3/b9-7+/t13-/m0/s1. The molecule has 2 nitrogen and oxygen atoms in total. The predicted octanol–water partition coefficient (Wildman–Crippen LogP) is 3.82. The number of unbranched alkanes of at least 4 members (excludes halogenated alkanes) is 1. The van der Waals surface area contributed by atoms with Crippen molar-refractivity contribution in [3.8, 4) is 5.75 Å². The Morgan fingerprint density at radius 2 is 2.17 bits per heavy atom. The van der Waals surface area contributed by atoms with E-state index in [1.54, 1.807) is 7.11 Å². The van der Waals surface area contributed by atoms with Crippen molar-refractivity contribution in [3.05, 3.63) is 35.4 Å². The van der Waals surface area contributed by atoms with Gasteiger partial charge in [0.25, 0.3) is 0 Å². The summed E-state index contributed by atoms with van der Waals surface area (Å²) in [6, 6.07) is 6.29. The summed E-state index contributed by atoms with van der Waals surface area (Å²) in [5.74, 6) is 0.916. The average molecular weight is 248 g/mol. The van der Waals surface area contributed by atoms with E-state index < -0.39 is 0 Å². The molecule has 0 aliphatic heterocycles. The highest BCUT2D eigenvalue weighted by molar-refractivity contribution is 5.58. The maximum atomic E-state index is 9.18. The van der Waals surface area contributed by atoms with Gasteiger partial charge in [0.15, 0.2) is 0 Å². The quantitative estimate of drug-likeness (QED) is 0.743. The van der Waals surface area contributed by atoms with Crippen LogP contribution in [0.5, 0.6) is 5.75 Å². The number of ether oxygens (including phenoxy) is 1. The molecule has 0 saturated carbocycles. The Labute approximate surface area is 110 Å². The van der Waals surface area contributed by atoms with Crippen molar-refractivity contribution in [1.29, 1.82) is 0 Å². The van der Waals surface area contributed by atoms with E-state index >= 15 is 0 Å². The van der Waals surface area contributed by atoms with Crippen LogP contribution >= 0.6 is 0 Å². The van der Waals surface area contributed by atoms with Gasteiger partial charge in [-0.1, -0.05) is 25.1 Å². The lowest BCUT2D eigenvalue weighted by molar-refractivity contribution is 0.182. The van der Waals surface area contributed by atoms with Crippen molar-refractivity contribution >= 4 is 6.08 Å². The molecule has 0 fully saturated rings. The Balaban J connectivity index is 2.61. The number of aliphatic hydroxyl groups is 1.